The summed E-state index contributed by atoms with van der Waals surface area (Å²) in [5, 5.41) is 0.217. The molecule has 0 saturated heterocycles. The topological polar surface area (TPSA) is 63.2 Å². The Kier molecular flexibility index (Phi) is 2.63. The molecule has 4 nitrogen and oxygen atoms in total. The third-order valence-corrected chi connectivity index (χ3v) is 2.61. The van der Waals surface area contributed by atoms with Gasteiger partial charge in [0, 0.05) is 12.0 Å². The molecule has 5 heteroatoms. The maximum Gasteiger partial charge on any atom is 0.182 e. The lowest BCUT2D eigenvalue weighted by molar-refractivity contribution is 0.397. The molecule has 0 atom stereocenters. The molecule has 0 spiro atoms. The summed E-state index contributed by atoms with van der Waals surface area (Å²) in [6.07, 6.45) is 4.74. The lowest BCUT2D eigenvalue weighted by Gasteiger charge is -2.27. The second-order valence-corrected chi connectivity index (χ2v) is 5.03. The minimum Gasteiger partial charge on any atom is -0.469 e. The van der Waals surface area contributed by atoms with E-state index in [0.717, 1.165) is 23.4 Å². The van der Waals surface area contributed by atoms with Crippen molar-refractivity contribution in [2.75, 3.05) is 0 Å². The molecular formula is C11H15N3OS. The van der Waals surface area contributed by atoms with Crippen molar-refractivity contribution < 1.29 is 4.42 Å². The van der Waals surface area contributed by atoms with Gasteiger partial charge in [-0.1, -0.05) is 19.9 Å². The fourth-order valence-corrected chi connectivity index (χ4v) is 1.93. The zero-order valence-electron chi connectivity index (χ0n) is 9.33. The number of nitrogens with one attached hydrogen (secondary N) is 2. The monoisotopic (exact) mass is 237 g/mol. The Morgan fingerprint density at radius 3 is 3.00 bits per heavy atom. The van der Waals surface area contributed by atoms with E-state index in [1.807, 2.05) is 6.07 Å². The molecule has 1 heterocycles. The highest BCUT2D eigenvalue weighted by atomic mass is 32.1. The molecule has 1 aromatic rings. The number of nitrogens with two attached hydrogens (primary N) is 1. The fraction of sp³-hybridized carbons (Fsp3) is 0.364. The van der Waals surface area contributed by atoms with Crippen LogP contribution in [0.15, 0.2) is 22.8 Å². The molecule has 0 aromatic carbocycles. The van der Waals surface area contributed by atoms with Crippen molar-refractivity contribution in [3.8, 4) is 0 Å². The largest absolute Gasteiger partial charge is 0.469 e. The summed E-state index contributed by atoms with van der Waals surface area (Å²) >= 11 is 4.75. The van der Waals surface area contributed by atoms with Crippen LogP contribution in [0.4, 0.5) is 0 Å². The molecule has 0 saturated carbocycles. The number of hydrogen-bond acceptors (Lipinski definition) is 3. The highest BCUT2D eigenvalue weighted by molar-refractivity contribution is 7.80. The van der Waals surface area contributed by atoms with Crippen LogP contribution in [0.5, 0.6) is 0 Å². The van der Waals surface area contributed by atoms with E-state index in [2.05, 4.69) is 30.8 Å². The Hall–Kier alpha value is -1.49. The standard InChI is InChI=1S/C11H15N3OS/c1-11(2)5-8(13-14-10(12)16)7-3-4-15-9(7)6-11/h3-5,13H,6H2,1-2H3,(H3,12,14,16). The summed E-state index contributed by atoms with van der Waals surface area (Å²) in [7, 11) is 0. The summed E-state index contributed by atoms with van der Waals surface area (Å²) in [4.78, 5) is 0. The van der Waals surface area contributed by atoms with Gasteiger partial charge in [0.15, 0.2) is 5.11 Å². The number of thiocarbonyl (C=S) groups is 1. The Bertz CT molecular complexity index is 448. The van der Waals surface area contributed by atoms with E-state index in [4.69, 9.17) is 22.4 Å². The molecule has 2 rings (SSSR count). The molecule has 1 aromatic heterocycles. The van der Waals surface area contributed by atoms with Crippen molar-refractivity contribution >= 4 is 23.0 Å². The van der Waals surface area contributed by atoms with Gasteiger partial charge in [-0.05, 0) is 23.7 Å². The first-order valence-corrected chi connectivity index (χ1v) is 5.50. The van der Waals surface area contributed by atoms with Gasteiger partial charge in [-0.15, -0.1) is 0 Å². The number of hydrazine groups is 1. The van der Waals surface area contributed by atoms with E-state index in [0.29, 0.717) is 0 Å². The molecular weight excluding hydrogens is 222 g/mol. The summed E-state index contributed by atoms with van der Waals surface area (Å²) in [5.41, 5.74) is 13.2. The molecule has 0 amide bonds. The lowest BCUT2D eigenvalue weighted by Crippen LogP contribution is -2.40. The zero-order chi connectivity index (χ0) is 11.8. The molecule has 1 aliphatic rings. The average molecular weight is 237 g/mol. The zero-order valence-corrected chi connectivity index (χ0v) is 10.1. The maximum absolute atomic E-state index is 5.46. The molecule has 0 aliphatic heterocycles. The van der Waals surface area contributed by atoms with Crippen molar-refractivity contribution in [2.45, 2.75) is 20.3 Å². The van der Waals surface area contributed by atoms with Gasteiger partial charge in [-0.2, -0.15) is 0 Å². The number of furan rings is 1. The number of allylic oxidation sites excluding steroid dienone is 1. The van der Waals surface area contributed by atoms with Crippen LogP contribution in [-0.4, -0.2) is 5.11 Å². The molecule has 86 valence electrons. The third kappa shape index (κ3) is 2.19. The Balaban J connectivity index is 2.27. The molecule has 0 fully saturated rings. The van der Waals surface area contributed by atoms with Gasteiger partial charge in [0.25, 0.3) is 0 Å². The molecule has 0 radical (unpaired) electrons. The van der Waals surface area contributed by atoms with Gasteiger partial charge < -0.3 is 10.2 Å². The van der Waals surface area contributed by atoms with Gasteiger partial charge >= 0.3 is 0 Å². The fourth-order valence-electron chi connectivity index (χ4n) is 1.88. The van der Waals surface area contributed by atoms with Crippen LogP contribution in [0.3, 0.4) is 0 Å². The van der Waals surface area contributed by atoms with Crippen molar-refractivity contribution in [1.29, 1.82) is 0 Å². The predicted octanol–water partition coefficient (Wildman–Crippen LogP) is 1.54. The van der Waals surface area contributed by atoms with E-state index >= 15 is 0 Å². The van der Waals surface area contributed by atoms with Gasteiger partial charge in [-0.3, -0.25) is 10.9 Å². The molecule has 0 unspecified atom stereocenters. The van der Waals surface area contributed by atoms with Crippen LogP contribution in [0, 0.1) is 5.41 Å². The minimum absolute atomic E-state index is 0.0606. The maximum atomic E-state index is 5.46. The van der Waals surface area contributed by atoms with Crippen molar-refractivity contribution in [2.24, 2.45) is 11.1 Å². The quantitative estimate of drug-likeness (QED) is 0.538. The first-order chi connectivity index (χ1) is 7.48. The molecule has 16 heavy (non-hydrogen) atoms. The second-order valence-electron chi connectivity index (χ2n) is 4.60. The van der Waals surface area contributed by atoms with Crippen LogP contribution in [0.2, 0.25) is 0 Å². The average Bonchev–Trinajstić information content (AvgIpc) is 2.59. The SMILES string of the molecule is CC1(C)C=C(NNC(N)=S)c2ccoc2C1. The lowest BCUT2D eigenvalue weighted by atomic mass is 9.81. The van der Waals surface area contributed by atoms with E-state index in [1.165, 1.54) is 0 Å². The van der Waals surface area contributed by atoms with E-state index in [9.17, 15) is 0 Å². The Morgan fingerprint density at radius 2 is 2.31 bits per heavy atom. The van der Waals surface area contributed by atoms with Gasteiger partial charge in [-0.25, -0.2) is 0 Å². The molecule has 0 bridgehead atoms. The first-order valence-electron chi connectivity index (χ1n) is 5.09. The van der Waals surface area contributed by atoms with Crippen LogP contribution in [0.25, 0.3) is 5.70 Å². The first kappa shape index (κ1) is 11.0. The number of fused-ring (bicyclic) bond motifs is 1. The van der Waals surface area contributed by atoms with Gasteiger partial charge in [0.1, 0.15) is 5.76 Å². The summed E-state index contributed by atoms with van der Waals surface area (Å²) in [6.45, 7) is 4.31. The summed E-state index contributed by atoms with van der Waals surface area (Å²) < 4.78 is 5.46. The van der Waals surface area contributed by atoms with E-state index in [-0.39, 0.29) is 10.5 Å². The molecule has 4 N–H and O–H groups in total. The minimum atomic E-state index is 0.0606. The smallest absolute Gasteiger partial charge is 0.182 e. The van der Waals surface area contributed by atoms with Crippen molar-refractivity contribution in [1.82, 2.24) is 10.9 Å². The Morgan fingerprint density at radius 1 is 1.56 bits per heavy atom. The van der Waals surface area contributed by atoms with Crippen LogP contribution >= 0.6 is 12.2 Å². The van der Waals surface area contributed by atoms with Crippen molar-refractivity contribution in [3.05, 3.63) is 29.7 Å². The van der Waals surface area contributed by atoms with Crippen LogP contribution in [-0.2, 0) is 6.42 Å². The third-order valence-electron chi connectivity index (χ3n) is 2.51. The van der Waals surface area contributed by atoms with E-state index in [1.54, 1.807) is 6.26 Å². The second kappa shape index (κ2) is 3.83. The highest BCUT2D eigenvalue weighted by Crippen LogP contribution is 2.35. The highest BCUT2D eigenvalue weighted by Gasteiger charge is 2.27. The summed E-state index contributed by atoms with van der Waals surface area (Å²) in [5.74, 6) is 0.986. The van der Waals surface area contributed by atoms with Crippen LogP contribution in [0.1, 0.15) is 25.2 Å². The predicted molar refractivity (Wildman–Crippen MR) is 67.2 cm³/mol. The van der Waals surface area contributed by atoms with Crippen molar-refractivity contribution in [3.63, 3.8) is 0 Å². The number of hydrogen-bond donors (Lipinski definition) is 3. The molecule has 1 aliphatic carbocycles. The van der Waals surface area contributed by atoms with Gasteiger partial charge in [0.2, 0.25) is 0 Å². The Labute approximate surface area is 99.9 Å². The summed E-state index contributed by atoms with van der Waals surface area (Å²) in [6, 6.07) is 1.94. The van der Waals surface area contributed by atoms with E-state index < -0.39 is 0 Å². The van der Waals surface area contributed by atoms with Crippen LogP contribution < -0.4 is 16.6 Å². The number of rotatable bonds is 2. The normalized spacial score (nSPS) is 17.2. The van der Waals surface area contributed by atoms with Gasteiger partial charge in [0.05, 0.1) is 12.0 Å².